The summed E-state index contributed by atoms with van der Waals surface area (Å²) < 4.78 is 5.19. The van der Waals surface area contributed by atoms with Crippen LogP contribution in [0, 0.1) is 6.92 Å². The highest BCUT2D eigenvalue weighted by Gasteiger charge is 2.22. The summed E-state index contributed by atoms with van der Waals surface area (Å²) in [5, 5.41) is 3.84. The van der Waals surface area contributed by atoms with Gasteiger partial charge in [-0.25, -0.2) is 9.97 Å². The summed E-state index contributed by atoms with van der Waals surface area (Å²) in [7, 11) is 0. The number of anilines is 1. The van der Waals surface area contributed by atoms with E-state index in [1.807, 2.05) is 6.92 Å². The first-order valence-corrected chi connectivity index (χ1v) is 8.01. The maximum absolute atomic E-state index is 5.19. The fourth-order valence-corrected chi connectivity index (χ4v) is 2.66. The molecule has 0 saturated carbocycles. The van der Waals surface area contributed by atoms with Crippen molar-refractivity contribution in [2.45, 2.75) is 39.7 Å². The molecule has 0 bridgehead atoms. The topological polar surface area (TPSA) is 71.2 Å². The first kappa shape index (κ1) is 15.9. The second-order valence-electron chi connectivity index (χ2n) is 7.01. The van der Waals surface area contributed by atoms with Crippen molar-refractivity contribution in [1.29, 1.82) is 0 Å². The Hall–Kier alpha value is -2.02. The molecule has 1 aliphatic heterocycles. The van der Waals surface area contributed by atoms with Gasteiger partial charge in [0, 0.05) is 37.7 Å². The van der Waals surface area contributed by atoms with Gasteiger partial charge in [-0.2, -0.15) is 4.98 Å². The number of aryl methyl sites for hydroxylation is 1. The fourth-order valence-electron chi connectivity index (χ4n) is 2.66. The summed E-state index contributed by atoms with van der Waals surface area (Å²) in [4.78, 5) is 17.8. The molecule has 0 N–H and O–H groups in total. The van der Waals surface area contributed by atoms with Crippen LogP contribution in [0.25, 0.3) is 0 Å². The van der Waals surface area contributed by atoms with Crippen molar-refractivity contribution in [3.8, 4) is 0 Å². The van der Waals surface area contributed by atoms with Crippen molar-refractivity contribution >= 4 is 5.82 Å². The molecule has 1 aliphatic rings. The first-order chi connectivity index (χ1) is 10.9. The Morgan fingerprint density at radius 3 is 2.48 bits per heavy atom. The Kier molecular flexibility index (Phi) is 4.30. The number of aromatic nitrogens is 4. The lowest BCUT2D eigenvalue weighted by Crippen LogP contribution is -2.46. The molecule has 2 aromatic rings. The van der Waals surface area contributed by atoms with E-state index < -0.39 is 0 Å². The van der Waals surface area contributed by atoms with Gasteiger partial charge in [0.15, 0.2) is 5.82 Å². The lowest BCUT2D eigenvalue weighted by atomic mass is 9.92. The van der Waals surface area contributed by atoms with Gasteiger partial charge in [-0.3, -0.25) is 4.90 Å². The van der Waals surface area contributed by atoms with Gasteiger partial charge in [0.25, 0.3) is 0 Å². The molecule has 23 heavy (non-hydrogen) atoms. The SMILES string of the molecule is Cc1noc(CN2CCN(c3cc(C(C)(C)C)ncn3)CC2)n1. The predicted molar refractivity (Wildman–Crippen MR) is 87.3 cm³/mol. The van der Waals surface area contributed by atoms with Crippen molar-refractivity contribution in [2.75, 3.05) is 31.1 Å². The van der Waals surface area contributed by atoms with E-state index >= 15 is 0 Å². The zero-order valence-electron chi connectivity index (χ0n) is 14.3. The summed E-state index contributed by atoms with van der Waals surface area (Å²) in [6.07, 6.45) is 1.67. The minimum atomic E-state index is 0.0370. The van der Waals surface area contributed by atoms with Crippen LogP contribution in [0.5, 0.6) is 0 Å². The van der Waals surface area contributed by atoms with Gasteiger partial charge in [-0.05, 0) is 6.92 Å². The Labute approximate surface area is 136 Å². The molecule has 3 heterocycles. The third-order valence-electron chi connectivity index (χ3n) is 4.05. The molecule has 1 fully saturated rings. The van der Waals surface area contributed by atoms with E-state index in [1.165, 1.54) is 0 Å². The van der Waals surface area contributed by atoms with Gasteiger partial charge in [-0.15, -0.1) is 0 Å². The van der Waals surface area contributed by atoms with Crippen LogP contribution in [-0.2, 0) is 12.0 Å². The van der Waals surface area contributed by atoms with E-state index in [1.54, 1.807) is 6.33 Å². The van der Waals surface area contributed by atoms with Gasteiger partial charge in [0.05, 0.1) is 12.2 Å². The summed E-state index contributed by atoms with van der Waals surface area (Å²) >= 11 is 0. The second-order valence-corrected chi connectivity index (χ2v) is 7.01. The van der Waals surface area contributed by atoms with Crippen molar-refractivity contribution in [1.82, 2.24) is 25.0 Å². The smallest absolute Gasteiger partial charge is 0.240 e. The molecule has 2 aromatic heterocycles. The molecule has 0 spiro atoms. The maximum atomic E-state index is 5.19. The van der Waals surface area contributed by atoms with Crippen LogP contribution in [0.2, 0.25) is 0 Å². The molecule has 3 rings (SSSR count). The molecule has 0 aliphatic carbocycles. The highest BCUT2D eigenvalue weighted by molar-refractivity contribution is 5.40. The Morgan fingerprint density at radius 2 is 1.87 bits per heavy atom. The van der Waals surface area contributed by atoms with E-state index in [4.69, 9.17) is 4.52 Å². The zero-order valence-corrected chi connectivity index (χ0v) is 14.3. The molecular formula is C16H24N6O. The molecule has 7 heteroatoms. The van der Waals surface area contributed by atoms with E-state index in [0.717, 1.165) is 37.7 Å². The second kappa shape index (κ2) is 6.23. The molecule has 1 saturated heterocycles. The standard InChI is InChI=1S/C16H24N6O/c1-12-19-15(23-20-12)10-21-5-7-22(8-6-21)14-9-13(16(2,3)4)17-11-18-14/h9,11H,5-8,10H2,1-4H3. The van der Waals surface area contributed by atoms with E-state index in [2.05, 4.69) is 56.7 Å². The highest BCUT2D eigenvalue weighted by Crippen LogP contribution is 2.23. The normalized spacial score (nSPS) is 16.8. The first-order valence-electron chi connectivity index (χ1n) is 8.01. The molecule has 0 aromatic carbocycles. The molecule has 0 atom stereocenters. The van der Waals surface area contributed by atoms with Crippen molar-refractivity contribution in [3.05, 3.63) is 29.8 Å². The zero-order chi connectivity index (χ0) is 16.4. The summed E-state index contributed by atoms with van der Waals surface area (Å²) in [6.45, 7) is 12.9. The van der Waals surface area contributed by atoms with Crippen molar-refractivity contribution < 1.29 is 4.52 Å². The Morgan fingerprint density at radius 1 is 1.13 bits per heavy atom. The summed E-state index contributed by atoms with van der Waals surface area (Å²) in [5.74, 6) is 2.39. The van der Waals surface area contributed by atoms with Gasteiger partial charge in [0.1, 0.15) is 12.1 Å². The van der Waals surface area contributed by atoms with E-state index in [0.29, 0.717) is 18.3 Å². The number of rotatable bonds is 3. The summed E-state index contributed by atoms with van der Waals surface area (Å²) in [6, 6.07) is 2.11. The van der Waals surface area contributed by atoms with Crippen LogP contribution in [0.4, 0.5) is 5.82 Å². The molecule has 7 nitrogen and oxygen atoms in total. The van der Waals surface area contributed by atoms with Crippen LogP contribution in [0.1, 0.15) is 38.2 Å². The predicted octanol–water partition coefficient (Wildman–Crippen LogP) is 1.79. The summed E-state index contributed by atoms with van der Waals surface area (Å²) in [5.41, 5.74) is 1.11. The number of piperazine rings is 1. The molecule has 0 radical (unpaired) electrons. The Bertz CT molecular complexity index is 655. The quantitative estimate of drug-likeness (QED) is 0.855. The minimum Gasteiger partial charge on any atom is -0.354 e. The van der Waals surface area contributed by atoms with E-state index in [9.17, 15) is 0 Å². The number of hydrogen-bond donors (Lipinski definition) is 0. The van der Waals surface area contributed by atoms with Gasteiger partial charge >= 0.3 is 0 Å². The van der Waals surface area contributed by atoms with Crippen LogP contribution in [-0.4, -0.2) is 51.2 Å². The van der Waals surface area contributed by atoms with Gasteiger partial charge in [-0.1, -0.05) is 25.9 Å². The molecular weight excluding hydrogens is 292 g/mol. The Balaban J connectivity index is 1.60. The minimum absolute atomic E-state index is 0.0370. The van der Waals surface area contributed by atoms with Gasteiger partial charge < -0.3 is 9.42 Å². The van der Waals surface area contributed by atoms with Gasteiger partial charge in [0.2, 0.25) is 5.89 Å². The monoisotopic (exact) mass is 316 g/mol. The van der Waals surface area contributed by atoms with Crippen molar-refractivity contribution in [3.63, 3.8) is 0 Å². The van der Waals surface area contributed by atoms with Crippen LogP contribution < -0.4 is 4.90 Å². The average molecular weight is 316 g/mol. The third kappa shape index (κ3) is 3.85. The number of nitrogens with zero attached hydrogens (tertiary/aromatic N) is 6. The van der Waals surface area contributed by atoms with Crippen LogP contribution in [0.3, 0.4) is 0 Å². The fraction of sp³-hybridized carbons (Fsp3) is 0.625. The lowest BCUT2D eigenvalue weighted by Gasteiger charge is -2.35. The van der Waals surface area contributed by atoms with Crippen molar-refractivity contribution in [2.24, 2.45) is 0 Å². The maximum Gasteiger partial charge on any atom is 0.240 e. The lowest BCUT2D eigenvalue weighted by molar-refractivity contribution is 0.215. The highest BCUT2D eigenvalue weighted by atomic mass is 16.5. The molecule has 0 amide bonds. The molecule has 0 unspecified atom stereocenters. The van der Waals surface area contributed by atoms with E-state index in [-0.39, 0.29) is 5.41 Å². The third-order valence-corrected chi connectivity index (χ3v) is 4.05. The van der Waals surface area contributed by atoms with Crippen LogP contribution >= 0.6 is 0 Å². The number of hydrogen-bond acceptors (Lipinski definition) is 7. The molecule has 124 valence electrons. The van der Waals surface area contributed by atoms with Crippen LogP contribution in [0.15, 0.2) is 16.9 Å². The average Bonchev–Trinajstić information content (AvgIpc) is 2.92. The largest absolute Gasteiger partial charge is 0.354 e.